The third-order valence-corrected chi connectivity index (χ3v) is 7.76. The summed E-state index contributed by atoms with van der Waals surface area (Å²) < 4.78 is 31.6. The molecule has 10 heteroatoms. The van der Waals surface area contributed by atoms with E-state index in [9.17, 15) is 18.8 Å². The third-order valence-electron chi connectivity index (χ3n) is 7.76. The number of Topliss-reactive ketones (excluding diaryl/α,β-unsaturated/α-hetero) is 1. The fraction of sp³-hybridized carbons (Fsp3) is 0.290. The number of carbonyl (C=O) groups excluding carboxylic acids is 3. The first-order valence-electron chi connectivity index (χ1n) is 13.7. The van der Waals surface area contributed by atoms with Crippen LogP contribution in [-0.2, 0) is 22.6 Å². The zero-order chi connectivity index (χ0) is 28.7. The van der Waals surface area contributed by atoms with E-state index in [0.29, 0.717) is 22.0 Å². The monoisotopic (exact) mass is 557 g/mol. The number of rotatable bonds is 6. The van der Waals surface area contributed by atoms with E-state index in [0.717, 1.165) is 30.6 Å². The van der Waals surface area contributed by atoms with Crippen LogP contribution in [0.15, 0.2) is 60.7 Å². The van der Waals surface area contributed by atoms with Crippen LogP contribution < -0.4 is 10.6 Å². The smallest absolute Gasteiger partial charge is 0.247 e. The highest BCUT2D eigenvalue weighted by Crippen LogP contribution is 2.33. The number of hydrogen-bond donors (Lipinski definition) is 2. The molecule has 2 atom stereocenters. The van der Waals surface area contributed by atoms with E-state index in [-0.39, 0.29) is 36.7 Å². The Kier molecular flexibility index (Phi) is 6.98. The number of fused-ring (bicyclic) bond motifs is 2. The quantitative estimate of drug-likeness (QED) is 0.326. The number of nitrogens with one attached hydrogen (secondary N) is 2. The van der Waals surface area contributed by atoms with Crippen LogP contribution in [0, 0.1) is 5.82 Å². The predicted octanol–water partition coefficient (Wildman–Crippen LogP) is 4.98. The van der Waals surface area contributed by atoms with Gasteiger partial charge in [0.15, 0.2) is 11.6 Å². The maximum atomic E-state index is 15.6. The minimum Gasteiger partial charge on any atom is -0.385 e. The maximum Gasteiger partial charge on any atom is 0.247 e. The number of aryl methyl sites for hydroxylation is 1. The molecule has 0 radical (unpaired) electrons. The Labute approximate surface area is 235 Å². The van der Waals surface area contributed by atoms with Crippen LogP contribution in [0.25, 0.3) is 22.0 Å². The molecule has 1 saturated heterocycles. The summed E-state index contributed by atoms with van der Waals surface area (Å²) >= 11 is 0. The van der Waals surface area contributed by atoms with Crippen molar-refractivity contribution < 1.29 is 23.2 Å². The lowest BCUT2D eigenvalue weighted by molar-refractivity contribution is -0.137. The molecule has 0 unspecified atom stereocenters. The number of amides is 2. The summed E-state index contributed by atoms with van der Waals surface area (Å²) in [5, 5.41) is 10.8. The summed E-state index contributed by atoms with van der Waals surface area (Å²) in [7, 11) is 0. The standard InChI is InChI=1S/C31H29F2N5O3/c1-18(39)30-23-7-2-3-10-26(23)38(36-30)17-28(40)37-16-21(32)15-27(37)31(41)35-25-9-4-8-22(29(25)33)19-11-12-24-20(14-19)6-5-13-34-24/h2-4,7-12,14,21,27,34H,5-6,13,15-17H2,1H3,(H,35,41)/t21-,27+/m1/s1. The molecule has 4 aromatic rings. The van der Waals surface area contributed by atoms with Gasteiger partial charge in [0, 0.05) is 36.5 Å². The van der Waals surface area contributed by atoms with Gasteiger partial charge in [-0.1, -0.05) is 36.4 Å². The van der Waals surface area contributed by atoms with E-state index in [1.165, 1.54) is 22.6 Å². The summed E-state index contributed by atoms with van der Waals surface area (Å²) in [6, 6.07) is 16.4. The molecule has 2 N–H and O–H groups in total. The summed E-state index contributed by atoms with van der Waals surface area (Å²) in [5.74, 6) is -2.03. The zero-order valence-corrected chi connectivity index (χ0v) is 22.5. The van der Waals surface area contributed by atoms with Crippen molar-refractivity contribution in [2.75, 3.05) is 23.7 Å². The molecule has 0 bridgehead atoms. The predicted molar refractivity (Wildman–Crippen MR) is 152 cm³/mol. The van der Waals surface area contributed by atoms with Crippen LogP contribution in [0.1, 0.15) is 35.8 Å². The fourth-order valence-corrected chi connectivity index (χ4v) is 5.75. The Morgan fingerprint density at radius 3 is 2.76 bits per heavy atom. The topological polar surface area (TPSA) is 96.3 Å². The Hall–Kier alpha value is -4.60. The number of ketones is 1. The van der Waals surface area contributed by atoms with Crippen LogP contribution in [0.2, 0.25) is 0 Å². The average Bonchev–Trinajstić information content (AvgIpc) is 3.55. The number of aromatic nitrogens is 2. The first-order valence-corrected chi connectivity index (χ1v) is 13.7. The molecule has 1 aromatic heterocycles. The van der Waals surface area contributed by atoms with Gasteiger partial charge in [0.1, 0.15) is 24.5 Å². The van der Waals surface area contributed by atoms with E-state index in [1.54, 1.807) is 36.4 Å². The molecule has 0 saturated carbocycles. The van der Waals surface area contributed by atoms with Gasteiger partial charge in [0.2, 0.25) is 11.8 Å². The van der Waals surface area contributed by atoms with Crippen LogP contribution in [0.5, 0.6) is 0 Å². The molecule has 2 aliphatic heterocycles. The van der Waals surface area contributed by atoms with Crippen LogP contribution >= 0.6 is 0 Å². The molecular formula is C31H29F2N5O3. The number of carbonyl (C=O) groups is 3. The second kappa shape index (κ2) is 10.8. The number of hydrogen-bond acceptors (Lipinski definition) is 5. The van der Waals surface area contributed by atoms with Gasteiger partial charge in [-0.2, -0.15) is 5.10 Å². The van der Waals surface area contributed by atoms with Gasteiger partial charge >= 0.3 is 0 Å². The number of alkyl halides is 1. The number of para-hydroxylation sites is 1. The van der Waals surface area contributed by atoms with Gasteiger partial charge in [-0.3, -0.25) is 19.1 Å². The first kappa shape index (κ1) is 26.6. The van der Waals surface area contributed by atoms with Crippen molar-refractivity contribution in [3.05, 3.63) is 77.7 Å². The number of nitrogens with zero attached hydrogens (tertiary/aromatic N) is 3. The van der Waals surface area contributed by atoms with Crippen molar-refractivity contribution in [3.8, 4) is 11.1 Å². The second-order valence-corrected chi connectivity index (χ2v) is 10.5. The highest BCUT2D eigenvalue weighted by molar-refractivity contribution is 6.05. The van der Waals surface area contributed by atoms with E-state index in [1.807, 2.05) is 18.2 Å². The van der Waals surface area contributed by atoms with E-state index < -0.39 is 29.8 Å². The van der Waals surface area contributed by atoms with Crippen molar-refractivity contribution in [2.45, 2.75) is 44.9 Å². The summed E-state index contributed by atoms with van der Waals surface area (Å²) in [6.45, 7) is 1.76. The number of likely N-dealkylation sites (tertiary alicyclic amines) is 1. The van der Waals surface area contributed by atoms with E-state index >= 15 is 4.39 Å². The van der Waals surface area contributed by atoms with Crippen LogP contribution in [0.3, 0.4) is 0 Å². The molecular weight excluding hydrogens is 528 g/mol. The minimum absolute atomic E-state index is 0.0396. The van der Waals surface area contributed by atoms with Gasteiger partial charge in [-0.05, 0) is 48.2 Å². The van der Waals surface area contributed by atoms with Gasteiger partial charge in [-0.15, -0.1) is 0 Å². The number of anilines is 2. The largest absolute Gasteiger partial charge is 0.385 e. The Morgan fingerprint density at radius 1 is 1.10 bits per heavy atom. The molecule has 6 rings (SSSR count). The molecule has 3 heterocycles. The SMILES string of the molecule is CC(=O)c1nn(CC(=O)N2C[C@H](F)C[C@H]2C(=O)Nc2cccc(-c3ccc4c(c3)CCCN4)c2F)c2ccccc12. The zero-order valence-electron chi connectivity index (χ0n) is 22.5. The lowest BCUT2D eigenvalue weighted by Crippen LogP contribution is -2.44. The van der Waals surface area contributed by atoms with Crippen molar-refractivity contribution in [1.82, 2.24) is 14.7 Å². The Morgan fingerprint density at radius 2 is 1.93 bits per heavy atom. The van der Waals surface area contributed by atoms with Crippen LogP contribution in [-0.4, -0.2) is 57.6 Å². The van der Waals surface area contributed by atoms with Crippen molar-refractivity contribution in [3.63, 3.8) is 0 Å². The lowest BCUT2D eigenvalue weighted by Gasteiger charge is -2.24. The highest BCUT2D eigenvalue weighted by atomic mass is 19.1. The number of halogens is 2. The normalized spacial score (nSPS) is 18.2. The van der Waals surface area contributed by atoms with Gasteiger partial charge in [0.25, 0.3) is 0 Å². The molecule has 2 aliphatic rings. The number of benzene rings is 3. The van der Waals surface area contributed by atoms with Gasteiger partial charge in [0.05, 0.1) is 17.7 Å². The molecule has 0 spiro atoms. The average molecular weight is 558 g/mol. The van der Waals surface area contributed by atoms with Gasteiger partial charge < -0.3 is 15.5 Å². The minimum atomic E-state index is -1.41. The molecule has 3 aromatic carbocycles. The first-order chi connectivity index (χ1) is 19.8. The van der Waals surface area contributed by atoms with E-state index in [2.05, 4.69) is 15.7 Å². The molecule has 2 amide bonds. The van der Waals surface area contributed by atoms with Crippen molar-refractivity contribution >= 4 is 39.9 Å². The van der Waals surface area contributed by atoms with Crippen molar-refractivity contribution in [1.29, 1.82) is 0 Å². The molecule has 210 valence electrons. The summed E-state index contributed by atoms with van der Waals surface area (Å²) in [6.07, 6.45) is 0.289. The second-order valence-electron chi connectivity index (χ2n) is 10.5. The maximum absolute atomic E-state index is 15.6. The fourth-order valence-electron chi connectivity index (χ4n) is 5.75. The highest BCUT2D eigenvalue weighted by Gasteiger charge is 2.40. The lowest BCUT2D eigenvalue weighted by atomic mass is 9.96. The molecule has 0 aliphatic carbocycles. The summed E-state index contributed by atoms with van der Waals surface area (Å²) in [5.41, 5.74) is 3.96. The molecule has 41 heavy (non-hydrogen) atoms. The van der Waals surface area contributed by atoms with Crippen molar-refractivity contribution in [2.24, 2.45) is 0 Å². The molecule has 1 fully saturated rings. The third kappa shape index (κ3) is 5.05. The van der Waals surface area contributed by atoms with Gasteiger partial charge in [-0.25, -0.2) is 8.78 Å². The Balaban J connectivity index is 1.22. The summed E-state index contributed by atoms with van der Waals surface area (Å²) in [4.78, 5) is 39.9. The molecule has 8 nitrogen and oxygen atoms in total. The van der Waals surface area contributed by atoms with Crippen LogP contribution in [0.4, 0.5) is 20.2 Å². The van der Waals surface area contributed by atoms with E-state index in [4.69, 9.17) is 0 Å². The Bertz CT molecular complexity index is 1680.